The minimum absolute atomic E-state index is 0.112. The van der Waals surface area contributed by atoms with Gasteiger partial charge in [0.2, 0.25) is 5.91 Å². The Bertz CT molecular complexity index is 498. The molecule has 1 aromatic carbocycles. The van der Waals surface area contributed by atoms with Crippen molar-refractivity contribution >= 4 is 33.4 Å². The third-order valence-corrected chi connectivity index (χ3v) is 3.74. The lowest BCUT2D eigenvalue weighted by atomic mass is 9.97. The zero-order valence-electron chi connectivity index (χ0n) is 10.4. The average Bonchev–Trinajstić information content (AvgIpc) is 2.37. The Morgan fingerprint density at radius 1 is 1.32 bits per heavy atom. The van der Waals surface area contributed by atoms with E-state index < -0.39 is 0 Å². The summed E-state index contributed by atoms with van der Waals surface area (Å²) < 4.78 is 0.763. The molecule has 0 bridgehead atoms. The highest BCUT2D eigenvalue weighted by Gasteiger charge is 2.27. The highest BCUT2D eigenvalue weighted by molar-refractivity contribution is 9.10. The number of carbonyl (C=O) groups excluding carboxylic acids is 2. The first-order chi connectivity index (χ1) is 8.97. The second kappa shape index (κ2) is 5.61. The zero-order chi connectivity index (χ0) is 14.0. The average molecular weight is 326 g/mol. The maximum atomic E-state index is 12.4. The van der Waals surface area contributed by atoms with E-state index in [1.54, 1.807) is 23.1 Å². The summed E-state index contributed by atoms with van der Waals surface area (Å²) in [7, 11) is 0. The summed E-state index contributed by atoms with van der Waals surface area (Å²) in [4.78, 5) is 25.3. The number of primary amides is 1. The molecule has 0 aromatic heterocycles. The number of nitrogens with zero attached hydrogens (tertiary/aromatic N) is 1. The molecule has 5 nitrogen and oxygen atoms in total. The van der Waals surface area contributed by atoms with Crippen molar-refractivity contribution in [3.8, 4) is 0 Å². The molecule has 6 heteroatoms. The molecular weight excluding hydrogens is 310 g/mol. The fraction of sp³-hybridized carbons (Fsp3) is 0.385. The van der Waals surface area contributed by atoms with E-state index in [-0.39, 0.29) is 17.7 Å². The first-order valence-corrected chi connectivity index (χ1v) is 6.91. The van der Waals surface area contributed by atoms with Gasteiger partial charge in [0.05, 0.1) is 5.92 Å². The third-order valence-electron chi connectivity index (χ3n) is 3.28. The molecule has 0 saturated carbocycles. The van der Waals surface area contributed by atoms with Crippen molar-refractivity contribution in [3.63, 3.8) is 0 Å². The molecule has 0 aliphatic carbocycles. The van der Waals surface area contributed by atoms with Crippen molar-refractivity contribution in [2.45, 2.75) is 12.8 Å². The fourth-order valence-electron chi connectivity index (χ4n) is 2.31. The summed E-state index contributed by atoms with van der Waals surface area (Å²) in [6.45, 7) is 1.04. The van der Waals surface area contributed by atoms with Gasteiger partial charge in [-0.3, -0.25) is 9.59 Å². The molecule has 1 aromatic rings. The molecule has 1 aliphatic heterocycles. The van der Waals surface area contributed by atoms with Crippen LogP contribution in [0.4, 0.5) is 5.69 Å². The summed E-state index contributed by atoms with van der Waals surface area (Å²) in [6.07, 6.45) is 1.54. The maximum absolute atomic E-state index is 12.4. The molecule has 19 heavy (non-hydrogen) atoms. The van der Waals surface area contributed by atoms with Crippen LogP contribution in [-0.4, -0.2) is 29.8 Å². The number of rotatable bonds is 2. The molecule has 4 N–H and O–H groups in total. The minimum Gasteiger partial charge on any atom is -0.399 e. The number of nitrogens with two attached hydrogens (primary N) is 2. The third kappa shape index (κ3) is 3.26. The molecule has 2 amide bonds. The molecule has 2 rings (SSSR count). The second-order valence-corrected chi connectivity index (χ2v) is 5.68. The van der Waals surface area contributed by atoms with Crippen LogP contribution in [0.5, 0.6) is 0 Å². The van der Waals surface area contributed by atoms with Gasteiger partial charge >= 0.3 is 0 Å². The molecule has 1 fully saturated rings. The van der Waals surface area contributed by atoms with Crippen molar-refractivity contribution in [2.24, 2.45) is 11.7 Å². The molecule has 0 spiro atoms. The van der Waals surface area contributed by atoms with Gasteiger partial charge in [-0.1, -0.05) is 15.9 Å². The fourth-order valence-corrected chi connectivity index (χ4v) is 2.82. The molecule has 1 saturated heterocycles. The SMILES string of the molecule is NC(=O)C1CCCN(C(=O)c2cc(N)cc(Br)c2)C1. The van der Waals surface area contributed by atoms with Crippen molar-refractivity contribution in [2.75, 3.05) is 18.8 Å². The Morgan fingerprint density at radius 2 is 2.05 bits per heavy atom. The minimum atomic E-state index is -0.341. The normalized spacial score (nSPS) is 19.2. The van der Waals surface area contributed by atoms with Gasteiger partial charge in [0.25, 0.3) is 5.91 Å². The number of anilines is 1. The van der Waals surface area contributed by atoms with Gasteiger partial charge in [0.1, 0.15) is 0 Å². The van der Waals surface area contributed by atoms with Crippen LogP contribution in [0.3, 0.4) is 0 Å². The number of halogens is 1. The summed E-state index contributed by atoms with van der Waals surface area (Å²) in [5, 5.41) is 0. The lowest BCUT2D eigenvalue weighted by Gasteiger charge is -2.31. The van der Waals surface area contributed by atoms with Crippen molar-refractivity contribution < 1.29 is 9.59 Å². The number of benzene rings is 1. The molecular formula is C13H16BrN3O2. The van der Waals surface area contributed by atoms with E-state index >= 15 is 0 Å². The first-order valence-electron chi connectivity index (χ1n) is 6.12. The summed E-state index contributed by atoms with van der Waals surface area (Å²) in [5.41, 5.74) is 12.1. The molecule has 102 valence electrons. The van der Waals surface area contributed by atoms with Gasteiger partial charge in [-0.25, -0.2) is 0 Å². The number of hydrogen-bond acceptors (Lipinski definition) is 3. The van der Waals surface area contributed by atoms with Crippen molar-refractivity contribution in [3.05, 3.63) is 28.2 Å². The Labute approximate surface area is 120 Å². The molecule has 1 unspecified atom stereocenters. The van der Waals surface area contributed by atoms with Crippen LogP contribution in [0.15, 0.2) is 22.7 Å². The van der Waals surface area contributed by atoms with Crippen LogP contribution in [0.2, 0.25) is 0 Å². The van der Waals surface area contributed by atoms with Crippen molar-refractivity contribution in [1.29, 1.82) is 0 Å². The topological polar surface area (TPSA) is 89.4 Å². The Morgan fingerprint density at radius 3 is 2.68 bits per heavy atom. The van der Waals surface area contributed by atoms with Crippen LogP contribution in [0.1, 0.15) is 23.2 Å². The van der Waals surface area contributed by atoms with Gasteiger partial charge in [-0.05, 0) is 31.0 Å². The number of likely N-dealkylation sites (tertiary alicyclic amines) is 1. The van der Waals surface area contributed by atoms with E-state index in [1.807, 2.05) is 0 Å². The number of piperidine rings is 1. The largest absolute Gasteiger partial charge is 0.399 e. The number of carbonyl (C=O) groups is 2. The number of nitrogen functional groups attached to an aromatic ring is 1. The second-order valence-electron chi connectivity index (χ2n) is 4.77. The van der Waals surface area contributed by atoms with Gasteiger partial charge in [-0.2, -0.15) is 0 Å². The predicted molar refractivity (Wildman–Crippen MR) is 76.4 cm³/mol. The standard InChI is InChI=1S/C13H16BrN3O2/c14-10-4-9(5-11(15)6-10)13(19)17-3-1-2-8(7-17)12(16)18/h4-6,8H,1-3,7,15H2,(H2,16,18). The molecule has 1 heterocycles. The Kier molecular flexibility index (Phi) is 4.09. The summed E-state index contributed by atoms with van der Waals surface area (Å²) >= 11 is 3.32. The van der Waals surface area contributed by atoms with Gasteiger partial charge in [0.15, 0.2) is 0 Å². The first kappa shape index (κ1) is 13.9. The lowest BCUT2D eigenvalue weighted by molar-refractivity contribution is -0.123. The van der Waals surface area contributed by atoms with Gasteiger partial charge in [0, 0.05) is 28.8 Å². The Balaban J connectivity index is 2.16. The molecule has 0 radical (unpaired) electrons. The number of amides is 2. The monoisotopic (exact) mass is 325 g/mol. The predicted octanol–water partition coefficient (Wildman–Crippen LogP) is 1.37. The molecule has 1 aliphatic rings. The van der Waals surface area contributed by atoms with Crippen LogP contribution < -0.4 is 11.5 Å². The van der Waals surface area contributed by atoms with Gasteiger partial charge < -0.3 is 16.4 Å². The maximum Gasteiger partial charge on any atom is 0.253 e. The van der Waals surface area contributed by atoms with E-state index in [0.717, 1.165) is 17.3 Å². The van der Waals surface area contributed by atoms with E-state index in [0.29, 0.717) is 24.3 Å². The van der Waals surface area contributed by atoms with E-state index in [1.165, 1.54) is 0 Å². The van der Waals surface area contributed by atoms with Gasteiger partial charge in [-0.15, -0.1) is 0 Å². The van der Waals surface area contributed by atoms with Crippen LogP contribution in [0.25, 0.3) is 0 Å². The highest BCUT2D eigenvalue weighted by atomic mass is 79.9. The van der Waals surface area contributed by atoms with E-state index in [9.17, 15) is 9.59 Å². The summed E-state index contributed by atoms with van der Waals surface area (Å²) in [5.74, 6) is -0.701. The quantitative estimate of drug-likeness (QED) is 0.805. The van der Waals surface area contributed by atoms with E-state index in [2.05, 4.69) is 15.9 Å². The number of hydrogen-bond donors (Lipinski definition) is 2. The van der Waals surface area contributed by atoms with Crippen LogP contribution in [-0.2, 0) is 4.79 Å². The van der Waals surface area contributed by atoms with Crippen LogP contribution in [0, 0.1) is 5.92 Å². The smallest absolute Gasteiger partial charge is 0.253 e. The lowest BCUT2D eigenvalue weighted by Crippen LogP contribution is -2.44. The van der Waals surface area contributed by atoms with Crippen LogP contribution >= 0.6 is 15.9 Å². The van der Waals surface area contributed by atoms with E-state index in [4.69, 9.17) is 11.5 Å². The zero-order valence-corrected chi connectivity index (χ0v) is 12.0. The summed E-state index contributed by atoms with van der Waals surface area (Å²) in [6, 6.07) is 5.10. The molecule has 1 atom stereocenters. The highest BCUT2D eigenvalue weighted by Crippen LogP contribution is 2.22. The Hall–Kier alpha value is -1.56. The van der Waals surface area contributed by atoms with Crippen molar-refractivity contribution in [1.82, 2.24) is 4.90 Å².